The fourth-order valence-corrected chi connectivity index (χ4v) is 2.37. The van der Waals surface area contributed by atoms with E-state index in [1.54, 1.807) is 0 Å². The second kappa shape index (κ2) is 5.71. The van der Waals surface area contributed by atoms with Gasteiger partial charge in [-0.2, -0.15) is 0 Å². The van der Waals surface area contributed by atoms with Crippen LogP contribution >= 0.6 is 15.9 Å². The van der Waals surface area contributed by atoms with Crippen molar-refractivity contribution in [1.82, 2.24) is 0 Å². The van der Waals surface area contributed by atoms with Gasteiger partial charge >= 0.3 is 5.97 Å². The van der Waals surface area contributed by atoms with Crippen molar-refractivity contribution in [2.75, 3.05) is 25.6 Å². The zero-order chi connectivity index (χ0) is 13.0. The highest BCUT2D eigenvalue weighted by Gasteiger charge is 2.41. The summed E-state index contributed by atoms with van der Waals surface area (Å²) >= 11 is 3.39. The van der Waals surface area contributed by atoms with Gasteiger partial charge in [-0.3, -0.25) is 0 Å². The molecule has 0 saturated carbocycles. The van der Waals surface area contributed by atoms with Crippen LogP contribution in [-0.4, -0.2) is 31.8 Å². The molecule has 5 heteroatoms. The van der Waals surface area contributed by atoms with Gasteiger partial charge in [0.25, 0.3) is 0 Å². The van der Waals surface area contributed by atoms with Crippen molar-refractivity contribution in [3.05, 3.63) is 28.7 Å². The second-order valence-corrected chi connectivity index (χ2v) is 5.23. The zero-order valence-electron chi connectivity index (χ0n) is 10.2. The molecule has 0 radical (unpaired) electrons. The minimum absolute atomic E-state index is 0.228. The molecule has 98 valence electrons. The van der Waals surface area contributed by atoms with Crippen molar-refractivity contribution in [2.24, 2.45) is 0 Å². The van der Waals surface area contributed by atoms with E-state index in [4.69, 9.17) is 9.47 Å². The van der Waals surface area contributed by atoms with Crippen LogP contribution in [0, 0.1) is 0 Å². The van der Waals surface area contributed by atoms with Crippen molar-refractivity contribution in [2.45, 2.75) is 18.4 Å². The van der Waals surface area contributed by atoms with Gasteiger partial charge < -0.3 is 14.8 Å². The van der Waals surface area contributed by atoms with Crippen LogP contribution in [0.3, 0.4) is 0 Å². The van der Waals surface area contributed by atoms with Gasteiger partial charge in [-0.1, -0.05) is 15.9 Å². The van der Waals surface area contributed by atoms with Gasteiger partial charge in [-0.05, 0) is 24.3 Å². The first-order chi connectivity index (χ1) is 8.66. The maximum absolute atomic E-state index is 12.0. The lowest BCUT2D eigenvalue weighted by Gasteiger charge is -2.36. The smallest absolute Gasteiger partial charge is 0.331 e. The lowest BCUT2D eigenvalue weighted by atomic mass is 9.89. The number of ether oxygens (including phenoxy) is 2. The number of halogens is 1. The molecule has 18 heavy (non-hydrogen) atoms. The molecule has 4 nitrogen and oxygen atoms in total. The highest BCUT2D eigenvalue weighted by molar-refractivity contribution is 9.10. The van der Waals surface area contributed by atoms with E-state index in [1.165, 1.54) is 7.11 Å². The van der Waals surface area contributed by atoms with Crippen LogP contribution in [-0.2, 0) is 14.3 Å². The number of nitrogens with one attached hydrogen (secondary N) is 1. The molecule has 0 aromatic heterocycles. The number of esters is 1. The molecule has 0 atom stereocenters. The number of hydrogen-bond acceptors (Lipinski definition) is 4. The normalized spacial score (nSPS) is 18.1. The summed E-state index contributed by atoms with van der Waals surface area (Å²) in [7, 11) is 1.42. The summed E-state index contributed by atoms with van der Waals surface area (Å²) in [4.78, 5) is 12.0. The lowest BCUT2D eigenvalue weighted by Crippen LogP contribution is -2.51. The van der Waals surface area contributed by atoms with Crippen molar-refractivity contribution in [3.8, 4) is 0 Å². The summed E-state index contributed by atoms with van der Waals surface area (Å²) < 4.78 is 11.3. The highest BCUT2D eigenvalue weighted by atomic mass is 79.9. The topological polar surface area (TPSA) is 47.6 Å². The minimum atomic E-state index is -0.666. The summed E-state index contributed by atoms with van der Waals surface area (Å²) in [6, 6.07) is 7.74. The standard InChI is InChI=1S/C13H16BrNO3/c1-17-12(16)13(6-8-18-9-7-13)15-11-4-2-10(14)3-5-11/h2-5,15H,6-9H2,1H3. The molecule has 1 fully saturated rings. The Labute approximate surface area is 115 Å². The molecule has 1 heterocycles. The van der Waals surface area contributed by atoms with Crippen LogP contribution in [0.5, 0.6) is 0 Å². The first kappa shape index (κ1) is 13.4. The highest BCUT2D eigenvalue weighted by Crippen LogP contribution is 2.28. The van der Waals surface area contributed by atoms with E-state index in [0.29, 0.717) is 26.1 Å². The fraction of sp³-hybridized carbons (Fsp3) is 0.462. The molecule has 2 rings (SSSR count). The van der Waals surface area contributed by atoms with Crippen molar-refractivity contribution < 1.29 is 14.3 Å². The molecule has 1 aromatic rings. The summed E-state index contributed by atoms with van der Waals surface area (Å²) in [5, 5.41) is 3.30. The molecule has 0 spiro atoms. The molecule has 1 saturated heterocycles. The Balaban J connectivity index is 2.19. The van der Waals surface area contributed by atoms with E-state index in [9.17, 15) is 4.79 Å². The summed E-state index contributed by atoms with van der Waals surface area (Å²) in [5.41, 5.74) is 0.242. The Kier molecular flexibility index (Phi) is 4.24. The molecule has 0 bridgehead atoms. The fourth-order valence-electron chi connectivity index (χ4n) is 2.10. The minimum Gasteiger partial charge on any atom is -0.467 e. The number of rotatable bonds is 3. The van der Waals surface area contributed by atoms with Gasteiger partial charge in [0.1, 0.15) is 5.54 Å². The molecule has 0 aliphatic carbocycles. The number of carbonyl (C=O) groups is 1. The largest absolute Gasteiger partial charge is 0.467 e. The zero-order valence-corrected chi connectivity index (χ0v) is 11.8. The third kappa shape index (κ3) is 2.84. The number of carbonyl (C=O) groups excluding carboxylic acids is 1. The first-order valence-corrected chi connectivity index (χ1v) is 6.65. The van der Waals surface area contributed by atoms with Gasteiger partial charge in [-0.15, -0.1) is 0 Å². The summed E-state index contributed by atoms with van der Waals surface area (Å²) in [6.45, 7) is 1.14. The second-order valence-electron chi connectivity index (χ2n) is 4.32. The molecule has 0 amide bonds. The van der Waals surface area contributed by atoms with E-state index >= 15 is 0 Å². The van der Waals surface area contributed by atoms with E-state index in [2.05, 4.69) is 21.2 Å². The number of methoxy groups -OCH3 is 1. The van der Waals surface area contributed by atoms with Gasteiger partial charge in [0.15, 0.2) is 0 Å². The predicted octanol–water partition coefficient (Wildman–Crippen LogP) is 2.58. The predicted molar refractivity (Wildman–Crippen MR) is 72.6 cm³/mol. The van der Waals surface area contributed by atoms with Crippen LogP contribution < -0.4 is 5.32 Å². The molecule has 0 unspecified atom stereocenters. The molecule has 1 aliphatic heterocycles. The van der Waals surface area contributed by atoms with Crippen molar-refractivity contribution in [1.29, 1.82) is 0 Å². The van der Waals surface area contributed by atoms with Gasteiger partial charge in [0, 0.05) is 36.2 Å². The Morgan fingerprint density at radius 2 is 1.94 bits per heavy atom. The maximum atomic E-state index is 12.0. The third-order valence-electron chi connectivity index (χ3n) is 3.15. The van der Waals surface area contributed by atoms with Gasteiger partial charge in [0.2, 0.25) is 0 Å². The third-order valence-corrected chi connectivity index (χ3v) is 3.68. The van der Waals surface area contributed by atoms with E-state index < -0.39 is 5.54 Å². The molecular weight excluding hydrogens is 298 g/mol. The number of hydrogen-bond donors (Lipinski definition) is 1. The monoisotopic (exact) mass is 313 g/mol. The van der Waals surface area contributed by atoms with E-state index in [-0.39, 0.29) is 5.97 Å². The van der Waals surface area contributed by atoms with Crippen LogP contribution in [0.1, 0.15) is 12.8 Å². The van der Waals surface area contributed by atoms with Crippen LogP contribution in [0.2, 0.25) is 0 Å². The van der Waals surface area contributed by atoms with E-state index in [1.807, 2.05) is 24.3 Å². The average Bonchev–Trinajstić information content (AvgIpc) is 2.41. The quantitative estimate of drug-likeness (QED) is 0.871. The average molecular weight is 314 g/mol. The Morgan fingerprint density at radius 3 is 2.50 bits per heavy atom. The van der Waals surface area contributed by atoms with Gasteiger partial charge in [-0.25, -0.2) is 4.79 Å². The SMILES string of the molecule is COC(=O)C1(Nc2ccc(Br)cc2)CCOCC1. The molecular formula is C13H16BrNO3. The number of benzene rings is 1. The summed E-state index contributed by atoms with van der Waals surface area (Å²) in [6.07, 6.45) is 1.24. The summed E-state index contributed by atoms with van der Waals surface area (Å²) in [5.74, 6) is -0.228. The molecule has 1 N–H and O–H groups in total. The van der Waals surface area contributed by atoms with E-state index in [0.717, 1.165) is 10.2 Å². The Hall–Kier alpha value is -1.07. The maximum Gasteiger partial charge on any atom is 0.331 e. The number of anilines is 1. The van der Waals surface area contributed by atoms with Crippen molar-refractivity contribution in [3.63, 3.8) is 0 Å². The van der Waals surface area contributed by atoms with Crippen LogP contribution in [0.25, 0.3) is 0 Å². The van der Waals surface area contributed by atoms with Crippen LogP contribution in [0.15, 0.2) is 28.7 Å². The Morgan fingerprint density at radius 1 is 1.33 bits per heavy atom. The van der Waals surface area contributed by atoms with Crippen LogP contribution in [0.4, 0.5) is 5.69 Å². The Bertz CT molecular complexity index is 413. The molecule has 1 aliphatic rings. The first-order valence-electron chi connectivity index (χ1n) is 5.86. The lowest BCUT2D eigenvalue weighted by molar-refractivity contribution is -0.149. The van der Waals surface area contributed by atoms with Crippen molar-refractivity contribution >= 4 is 27.6 Å². The molecule has 1 aromatic carbocycles. The van der Waals surface area contributed by atoms with Gasteiger partial charge in [0.05, 0.1) is 7.11 Å².